The van der Waals surface area contributed by atoms with Crippen molar-refractivity contribution < 1.29 is 14.1 Å². The third-order valence-electron chi connectivity index (χ3n) is 6.57. The standard InChI is InChI=1S/C29H37N7O3/c1-19(2)13-21(15-30)27(38)35-12-6-7-22(35)17-36-24-9-8-20(16-31-18-29(3,4)5)14-23(24)33-28(36)34-26(37)25-10-11-32-39-25/h8-11,13-14,19,22,31H,6-7,12,16-18H2,1-5H3,(H,33,34,37)/b21-13+/t22-/m1/s1. The summed E-state index contributed by atoms with van der Waals surface area (Å²) in [5.74, 6) is -0.175. The Balaban J connectivity index is 1.64. The highest BCUT2D eigenvalue weighted by Gasteiger charge is 2.32. The Morgan fingerprint density at radius 2 is 2.08 bits per heavy atom. The van der Waals surface area contributed by atoms with Crippen LogP contribution in [0.5, 0.6) is 0 Å². The average Bonchev–Trinajstić information content (AvgIpc) is 3.62. The molecule has 2 amide bonds. The van der Waals surface area contributed by atoms with Gasteiger partial charge in [0.25, 0.3) is 11.8 Å². The quantitative estimate of drug-likeness (QED) is 0.307. The van der Waals surface area contributed by atoms with Gasteiger partial charge in [-0.25, -0.2) is 4.98 Å². The number of nitriles is 1. The van der Waals surface area contributed by atoms with Gasteiger partial charge >= 0.3 is 0 Å². The van der Waals surface area contributed by atoms with Crippen LogP contribution in [-0.4, -0.2) is 50.6 Å². The fourth-order valence-corrected chi connectivity index (χ4v) is 4.79. The Labute approximate surface area is 229 Å². The highest BCUT2D eigenvalue weighted by molar-refractivity contribution is 6.02. The van der Waals surface area contributed by atoms with E-state index in [0.29, 0.717) is 25.6 Å². The van der Waals surface area contributed by atoms with Gasteiger partial charge in [0.1, 0.15) is 11.6 Å². The number of rotatable bonds is 9. The summed E-state index contributed by atoms with van der Waals surface area (Å²) in [4.78, 5) is 32.6. The van der Waals surface area contributed by atoms with Crippen molar-refractivity contribution in [1.82, 2.24) is 24.9 Å². The average molecular weight is 532 g/mol. The molecule has 1 atom stereocenters. The van der Waals surface area contributed by atoms with Gasteiger partial charge < -0.3 is 19.3 Å². The number of nitrogens with one attached hydrogen (secondary N) is 2. The van der Waals surface area contributed by atoms with E-state index in [-0.39, 0.29) is 34.6 Å². The van der Waals surface area contributed by atoms with Crippen LogP contribution < -0.4 is 10.6 Å². The number of anilines is 1. The fraction of sp³-hybridized carbons (Fsp3) is 0.483. The van der Waals surface area contributed by atoms with Gasteiger partial charge in [-0.05, 0) is 41.9 Å². The Morgan fingerprint density at radius 1 is 1.28 bits per heavy atom. The van der Waals surface area contributed by atoms with Gasteiger partial charge in [0.2, 0.25) is 11.7 Å². The molecule has 206 valence electrons. The van der Waals surface area contributed by atoms with Gasteiger partial charge in [-0.15, -0.1) is 0 Å². The highest BCUT2D eigenvalue weighted by Crippen LogP contribution is 2.27. The first-order chi connectivity index (χ1) is 18.6. The molecule has 2 N–H and O–H groups in total. The monoisotopic (exact) mass is 531 g/mol. The minimum Gasteiger partial charge on any atom is -0.351 e. The molecule has 3 aromatic rings. The van der Waals surface area contributed by atoms with Crippen LogP contribution in [0.1, 0.15) is 63.6 Å². The van der Waals surface area contributed by atoms with Gasteiger partial charge in [0.05, 0.1) is 23.3 Å². The van der Waals surface area contributed by atoms with Crippen molar-refractivity contribution in [2.75, 3.05) is 18.4 Å². The topological polar surface area (TPSA) is 129 Å². The molecule has 1 fully saturated rings. The van der Waals surface area contributed by atoms with E-state index in [2.05, 4.69) is 48.7 Å². The number of nitrogens with zero attached hydrogens (tertiary/aromatic N) is 5. The number of amides is 2. The smallest absolute Gasteiger partial charge is 0.296 e. The number of benzene rings is 1. The molecule has 0 aliphatic carbocycles. The fourth-order valence-electron chi connectivity index (χ4n) is 4.79. The lowest BCUT2D eigenvalue weighted by atomic mass is 9.97. The van der Waals surface area contributed by atoms with E-state index >= 15 is 0 Å². The summed E-state index contributed by atoms with van der Waals surface area (Å²) in [6, 6.07) is 9.49. The molecule has 2 aromatic heterocycles. The normalized spacial score (nSPS) is 16.2. The van der Waals surface area contributed by atoms with Crippen LogP contribution in [0.25, 0.3) is 11.0 Å². The maximum atomic E-state index is 13.3. The van der Waals surface area contributed by atoms with E-state index in [1.807, 2.05) is 30.5 Å². The Hall–Kier alpha value is -3.97. The van der Waals surface area contributed by atoms with Crippen molar-refractivity contribution in [2.45, 2.75) is 66.6 Å². The van der Waals surface area contributed by atoms with E-state index in [0.717, 1.165) is 36.0 Å². The molecule has 1 aliphatic rings. The number of hydrogen-bond acceptors (Lipinski definition) is 7. The molecule has 3 heterocycles. The molecule has 0 radical (unpaired) electrons. The lowest BCUT2D eigenvalue weighted by Gasteiger charge is -2.26. The molecular formula is C29H37N7O3. The number of aromatic nitrogens is 3. The van der Waals surface area contributed by atoms with Crippen molar-refractivity contribution in [3.05, 3.63) is 53.4 Å². The van der Waals surface area contributed by atoms with Gasteiger partial charge in [0.15, 0.2) is 0 Å². The van der Waals surface area contributed by atoms with Crippen molar-refractivity contribution >= 4 is 28.8 Å². The molecule has 1 aromatic carbocycles. The summed E-state index contributed by atoms with van der Waals surface area (Å²) in [6.07, 6.45) is 4.75. The van der Waals surface area contributed by atoms with Gasteiger partial charge in [-0.3, -0.25) is 14.9 Å². The number of carbonyl (C=O) groups is 2. The predicted octanol–water partition coefficient (Wildman–Crippen LogP) is 4.51. The molecule has 4 rings (SSSR count). The summed E-state index contributed by atoms with van der Waals surface area (Å²) in [6.45, 7) is 13.0. The number of imidazole rings is 1. The minimum atomic E-state index is -0.456. The lowest BCUT2D eigenvalue weighted by molar-refractivity contribution is -0.127. The first-order valence-electron chi connectivity index (χ1n) is 13.4. The summed E-state index contributed by atoms with van der Waals surface area (Å²) in [7, 11) is 0. The molecule has 0 spiro atoms. The van der Waals surface area contributed by atoms with Crippen molar-refractivity contribution in [2.24, 2.45) is 11.3 Å². The Bertz CT molecular complexity index is 1390. The molecular weight excluding hydrogens is 494 g/mol. The van der Waals surface area contributed by atoms with Crippen molar-refractivity contribution in [3.63, 3.8) is 0 Å². The zero-order valence-electron chi connectivity index (χ0n) is 23.3. The second-order valence-corrected chi connectivity index (χ2v) is 11.6. The van der Waals surface area contributed by atoms with Crippen LogP contribution in [0, 0.1) is 22.7 Å². The number of fused-ring (bicyclic) bond motifs is 1. The maximum Gasteiger partial charge on any atom is 0.296 e. The third-order valence-corrected chi connectivity index (χ3v) is 6.57. The first kappa shape index (κ1) is 28.0. The van der Waals surface area contributed by atoms with Crippen LogP contribution in [-0.2, 0) is 17.9 Å². The predicted molar refractivity (Wildman–Crippen MR) is 149 cm³/mol. The first-order valence-corrected chi connectivity index (χ1v) is 13.4. The zero-order chi connectivity index (χ0) is 28.2. The molecule has 0 bridgehead atoms. The number of carbonyl (C=O) groups excluding carboxylic acids is 2. The highest BCUT2D eigenvalue weighted by atomic mass is 16.5. The third kappa shape index (κ3) is 6.92. The van der Waals surface area contributed by atoms with Gasteiger partial charge in [0, 0.05) is 32.2 Å². The summed E-state index contributed by atoms with van der Waals surface area (Å²) < 4.78 is 6.96. The SMILES string of the molecule is CC(C)/C=C(\C#N)C(=O)N1CCC[C@@H]1Cn1c(NC(=O)c2ccno2)nc2cc(CNCC(C)(C)C)ccc21. The van der Waals surface area contributed by atoms with E-state index in [9.17, 15) is 14.9 Å². The number of allylic oxidation sites excluding steroid dienone is 1. The second kappa shape index (κ2) is 11.8. The van der Waals surface area contributed by atoms with E-state index in [1.165, 1.54) is 12.3 Å². The molecule has 39 heavy (non-hydrogen) atoms. The largest absolute Gasteiger partial charge is 0.351 e. The Morgan fingerprint density at radius 3 is 2.74 bits per heavy atom. The van der Waals surface area contributed by atoms with E-state index < -0.39 is 5.91 Å². The molecule has 0 saturated carbocycles. The minimum absolute atomic E-state index is 0.0795. The zero-order valence-corrected chi connectivity index (χ0v) is 23.3. The van der Waals surface area contributed by atoms with Crippen molar-refractivity contribution in [1.29, 1.82) is 5.26 Å². The molecule has 10 heteroatoms. The summed E-state index contributed by atoms with van der Waals surface area (Å²) in [5, 5.41) is 19.6. The van der Waals surface area contributed by atoms with Crippen LogP contribution in [0.4, 0.5) is 5.95 Å². The van der Waals surface area contributed by atoms with E-state index in [1.54, 1.807) is 11.0 Å². The van der Waals surface area contributed by atoms with Crippen LogP contribution in [0.2, 0.25) is 0 Å². The maximum absolute atomic E-state index is 13.3. The number of hydrogen-bond donors (Lipinski definition) is 2. The molecule has 1 aliphatic heterocycles. The summed E-state index contributed by atoms with van der Waals surface area (Å²) >= 11 is 0. The van der Waals surface area contributed by atoms with Crippen LogP contribution in [0.3, 0.4) is 0 Å². The van der Waals surface area contributed by atoms with E-state index in [4.69, 9.17) is 9.51 Å². The molecule has 0 unspecified atom stereocenters. The van der Waals surface area contributed by atoms with Crippen molar-refractivity contribution in [3.8, 4) is 6.07 Å². The van der Waals surface area contributed by atoms with Gasteiger partial charge in [-0.1, -0.05) is 51.9 Å². The van der Waals surface area contributed by atoms with Gasteiger partial charge in [-0.2, -0.15) is 5.26 Å². The number of likely N-dealkylation sites (tertiary alicyclic amines) is 1. The summed E-state index contributed by atoms with van der Waals surface area (Å²) in [5.41, 5.74) is 3.01. The Kier molecular flexibility index (Phi) is 8.51. The van der Waals surface area contributed by atoms with Crippen LogP contribution >= 0.6 is 0 Å². The van der Waals surface area contributed by atoms with Crippen LogP contribution in [0.15, 0.2) is 46.6 Å². The molecule has 1 saturated heterocycles. The second-order valence-electron chi connectivity index (χ2n) is 11.6. The molecule has 10 nitrogen and oxygen atoms in total. The lowest BCUT2D eigenvalue weighted by Crippen LogP contribution is -2.39.